The Morgan fingerprint density at radius 2 is 2.06 bits per heavy atom. The molecule has 1 aromatic rings. The van der Waals surface area contributed by atoms with E-state index in [0.29, 0.717) is 0 Å². The van der Waals surface area contributed by atoms with E-state index in [4.69, 9.17) is 10.5 Å². The quantitative estimate of drug-likeness (QED) is 0.822. The van der Waals surface area contributed by atoms with Gasteiger partial charge in [0.05, 0.1) is 5.60 Å². The highest BCUT2D eigenvalue weighted by molar-refractivity contribution is 5.38. The smallest absolute Gasteiger partial charge is 0.124 e. The first-order valence-corrected chi connectivity index (χ1v) is 5.51. The van der Waals surface area contributed by atoms with Crippen molar-refractivity contribution in [2.24, 2.45) is 5.73 Å². The summed E-state index contributed by atoms with van der Waals surface area (Å²) in [7, 11) is 0. The standard InChI is InChI=1S/C13H21NO2/c1-9-5-6-11(10(2)14)12(7-9)16-8-13(3,4)15/h5-7,10,15H,8,14H2,1-4H3. The molecule has 0 amide bonds. The van der Waals surface area contributed by atoms with Crippen molar-refractivity contribution in [1.29, 1.82) is 0 Å². The van der Waals surface area contributed by atoms with Gasteiger partial charge in [-0.15, -0.1) is 0 Å². The van der Waals surface area contributed by atoms with Gasteiger partial charge in [-0.2, -0.15) is 0 Å². The summed E-state index contributed by atoms with van der Waals surface area (Å²) in [5, 5.41) is 9.62. The summed E-state index contributed by atoms with van der Waals surface area (Å²) in [6.45, 7) is 7.61. The largest absolute Gasteiger partial charge is 0.490 e. The van der Waals surface area contributed by atoms with Crippen LogP contribution in [0.5, 0.6) is 5.75 Å². The number of benzene rings is 1. The predicted octanol–water partition coefficient (Wildman–Crippen LogP) is 2.16. The minimum absolute atomic E-state index is 0.0718. The van der Waals surface area contributed by atoms with E-state index in [0.717, 1.165) is 16.9 Å². The summed E-state index contributed by atoms with van der Waals surface area (Å²) in [5.74, 6) is 0.761. The lowest BCUT2D eigenvalue weighted by Crippen LogP contribution is -2.28. The van der Waals surface area contributed by atoms with Crippen LogP contribution in [0.3, 0.4) is 0 Å². The highest BCUT2D eigenvalue weighted by Gasteiger charge is 2.15. The number of aliphatic hydroxyl groups is 1. The van der Waals surface area contributed by atoms with Crippen LogP contribution < -0.4 is 10.5 Å². The third-order valence-electron chi connectivity index (χ3n) is 2.24. The van der Waals surface area contributed by atoms with Gasteiger partial charge in [-0.3, -0.25) is 0 Å². The molecule has 3 N–H and O–H groups in total. The summed E-state index contributed by atoms with van der Waals surface area (Å²) in [6, 6.07) is 5.86. The molecule has 0 spiro atoms. The zero-order valence-corrected chi connectivity index (χ0v) is 10.4. The van der Waals surface area contributed by atoms with Crippen molar-refractivity contribution >= 4 is 0 Å². The van der Waals surface area contributed by atoms with Gasteiger partial charge in [-0.25, -0.2) is 0 Å². The summed E-state index contributed by atoms with van der Waals surface area (Å²) >= 11 is 0. The first-order valence-electron chi connectivity index (χ1n) is 5.51. The molecule has 0 aromatic heterocycles. The van der Waals surface area contributed by atoms with Crippen LogP contribution in [0.4, 0.5) is 0 Å². The average Bonchev–Trinajstić information content (AvgIpc) is 2.13. The second-order valence-corrected chi connectivity index (χ2v) is 4.93. The molecule has 1 atom stereocenters. The fourth-order valence-electron chi connectivity index (χ4n) is 1.40. The highest BCUT2D eigenvalue weighted by atomic mass is 16.5. The minimum atomic E-state index is -0.834. The van der Waals surface area contributed by atoms with E-state index in [1.54, 1.807) is 13.8 Å². The molecule has 16 heavy (non-hydrogen) atoms. The Morgan fingerprint density at radius 3 is 2.56 bits per heavy atom. The van der Waals surface area contributed by atoms with Gasteiger partial charge in [-0.05, 0) is 39.3 Å². The second-order valence-electron chi connectivity index (χ2n) is 4.93. The molecule has 3 heteroatoms. The Bertz CT molecular complexity index is 353. The van der Waals surface area contributed by atoms with Gasteiger partial charge >= 0.3 is 0 Å². The van der Waals surface area contributed by atoms with E-state index in [2.05, 4.69) is 0 Å². The van der Waals surface area contributed by atoms with Crippen molar-refractivity contribution in [3.63, 3.8) is 0 Å². The SMILES string of the molecule is Cc1ccc(C(C)N)c(OCC(C)(C)O)c1. The first kappa shape index (κ1) is 13.0. The molecule has 3 nitrogen and oxygen atoms in total. The van der Waals surface area contributed by atoms with Crippen molar-refractivity contribution in [2.45, 2.75) is 39.3 Å². The molecular formula is C13H21NO2. The van der Waals surface area contributed by atoms with Crippen LogP contribution in [0, 0.1) is 6.92 Å². The molecule has 0 saturated heterocycles. The third-order valence-corrected chi connectivity index (χ3v) is 2.24. The summed E-state index contributed by atoms with van der Waals surface area (Å²) in [6.07, 6.45) is 0. The zero-order valence-electron chi connectivity index (χ0n) is 10.4. The Hall–Kier alpha value is -1.06. The normalized spacial score (nSPS) is 13.6. The van der Waals surface area contributed by atoms with E-state index in [1.807, 2.05) is 32.0 Å². The van der Waals surface area contributed by atoms with Gasteiger partial charge in [0, 0.05) is 11.6 Å². The van der Waals surface area contributed by atoms with Gasteiger partial charge in [0.2, 0.25) is 0 Å². The molecular weight excluding hydrogens is 202 g/mol. The molecule has 0 heterocycles. The maximum Gasteiger partial charge on any atom is 0.124 e. The monoisotopic (exact) mass is 223 g/mol. The first-order chi connectivity index (χ1) is 7.29. The van der Waals surface area contributed by atoms with Crippen LogP contribution in [0.25, 0.3) is 0 Å². The van der Waals surface area contributed by atoms with Gasteiger partial charge < -0.3 is 15.6 Å². The predicted molar refractivity (Wildman–Crippen MR) is 65.6 cm³/mol. The fourth-order valence-corrected chi connectivity index (χ4v) is 1.40. The number of rotatable bonds is 4. The van der Waals surface area contributed by atoms with Gasteiger partial charge in [-0.1, -0.05) is 12.1 Å². The Morgan fingerprint density at radius 1 is 1.44 bits per heavy atom. The van der Waals surface area contributed by atoms with E-state index in [9.17, 15) is 5.11 Å². The lowest BCUT2D eigenvalue weighted by atomic mass is 10.1. The van der Waals surface area contributed by atoms with E-state index in [-0.39, 0.29) is 12.6 Å². The van der Waals surface area contributed by atoms with Gasteiger partial charge in [0.1, 0.15) is 12.4 Å². The molecule has 0 bridgehead atoms. The molecule has 0 aliphatic rings. The van der Waals surface area contributed by atoms with Crippen LogP contribution >= 0.6 is 0 Å². The fraction of sp³-hybridized carbons (Fsp3) is 0.538. The molecule has 1 aromatic carbocycles. The number of nitrogens with two attached hydrogens (primary N) is 1. The van der Waals surface area contributed by atoms with Crippen LogP contribution in [0.1, 0.15) is 37.9 Å². The van der Waals surface area contributed by atoms with E-state index < -0.39 is 5.60 Å². The Balaban J connectivity index is 2.88. The highest BCUT2D eigenvalue weighted by Crippen LogP contribution is 2.25. The van der Waals surface area contributed by atoms with Gasteiger partial charge in [0.25, 0.3) is 0 Å². The summed E-state index contributed by atoms with van der Waals surface area (Å²) in [5.41, 5.74) is 7.11. The Kier molecular flexibility index (Phi) is 3.94. The van der Waals surface area contributed by atoms with Crippen LogP contribution in [0.2, 0.25) is 0 Å². The van der Waals surface area contributed by atoms with Crippen LogP contribution in [-0.2, 0) is 0 Å². The number of ether oxygens (including phenoxy) is 1. The van der Waals surface area contributed by atoms with Gasteiger partial charge in [0.15, 0.2) is 0 Å². The molecule has 0 aliphatic heterocycles. The molecule has 0 fully saturated rings. The van der Waals surface area contributed by atoms with Crippen molar-refractivity contribution < 1.29 is 9.84 Å². The number of hydrogen-bond acceptors (Lipinski definition) is 3. The van der Waals surface area contributed by atoms with Crippen LogP contribution in [0.15, 0.2) is 18.2 Å². The molecule has 0 saturated carbocycles. The number of hydrogen-bond donors (Lipinski definition) is 2. The molecule has 1 rings (SSSR count). The van der Waals surface area contributed by atoms with Crippen molar-refractivity contribution in [3.8, 4) is 5.75 Å². The number of aryl methyl sites for hydroxylation is 1. The van der Waals surface area contributed by atoms with Crippen molar-refractivity contribution in [3.05, 3.63) is 29.3 Å². The maximum atomic E-state index is 9.62. The van der Waals surface area contributed by atoms with Crippen LogP contribution in [-0.4, -0.2) is 17.3 Å². The lowest BCUT2D eigenvalue weighted by molar-refractivity contribution is 0.0280. The molecule has 0 aliphatic carbocycles. The van der Waals surface area contributed by atoms with E-state index >= 15 is 0 Å². The zero-order chi connectivity index (χ0) is 12.3. The molecule has 90 valence electrons. The van der Waals surface area contributed by atoms with Crippen molar-refractivity contribution in [1.82, 2.24) is 0 Å². The second kappa shape index (κ2) is 4.85. The lowest BCUT2D eigenvalue weighted by Gasteiger charge is -2.20. The summed E-state index contributed by atoms with van der Waals surface area (Å²) in [4.78, 5) is 0. The average molecular weight is 223 g/mol. The maximum absolute atomic E-state index is 9.62. The van der Waals surface area contributed by atoms with Crippen molar-refractivity contribution in [2.75, 3.05) is 6.61 Å². The Labute approximate surface area is 97.2 Å². The summed E-state index contributed by atoms with van der Waals surface area (Å²) < 4.78 is 5.61. The third kappa shape index (κ3) is 3.83. The van der Waals surface area contributed by atoms with E-state index in [1.165, 1.54) is 0 Å². The minimum Gasteiger partial charge on any atom is -0.490 e. The molecule has 1 unspecified atom stereocenters. The molecule has 0 radical (unpaired) electrons. The topological polar surface area (TPSA) is 55.5 Å².